The molecule has 354 valence electrons. The number of nitrogens with two attached hydrogens (primary N) is 1. The number of benzene rings is 3. The molecule has 5 amide bonds. The molecule has 2 saturated heterocycles. The van der Waals surface area contributed by atoms with Crippen molar-refractivity contribution in [2.45, 2.75) is 44.6 Å². The lowest BCUT2D eigenvalue weighted by atomic mass is 10.0. The monoisotopic (exact) mass is 946 g/mol. The van der Waals surface area contributed by atoms with Gasteiger partial charge >= 0.3 is 6.18 Å². The lowest BCUT2D eigenvalue weighted by Crippen LogP contribution is -2.54. The summed E-state index contributed by atoms with van der Waals surface area (Å²) in [6.45, 7) is 6.94. The lowest BCUT2D eigenvalue weighted by Gasteiger charge is -2.32. The lowest BCUT2D eigenvalue weighted by molar-refractivity contribution is -0.139. The number of nitrogens with one attached hydrogen (secondary N) is 2. The number of anilines is 1. The Morgan fingerprint density at radius 1 is 0.955 bits per heavy atom. The number of halogens is 3. The molecule has 3 aromatic carbocycles. The van der Waals surface area contributed by atoms with Gasteiger partial charge in [-0.15, -0.1) is 11.3 Å². The number of likely N-dealkylation sites (N-methyl/N-ethyl adjacent to an activating group) is 1. The predicted octanol–water partition coefficient (Wildman–Crippen LogP) is 5.02. The van der Waals surface area contributed by atoms with Crippen molar-refractivity contribution in [1.29, 1.82) is 0 Å². The summed E-state index contributed by atoms with van der Waals surface area (Å²) in [6.07, 6.45) is -4.21. The molecule has 2 aromatic heterocycles. The number of rotatable bonds is 19. The second-order valence-corrected chi connectivity index (χ2v) is 17.4. The van der Waals surface area contributed by atoms with E-state index in [0.717, 1.165) is 71.6 Å². The highest BCUT2D eigenvalue weighted by Gasteiger charge is 2.45. The molecular weight excluding hydrogens is 898 g/mol. The number of hydrogen-bond acceptors (Lipinski definition) is 14. The summed E-state index contributed by atoms with van der Waals surface area (Å²) in [5.74, 6) is -3.14. The smallest absolute Gasteiger partial charge is 0.416 e. The maximum atomic E-state index is 14.5. The zero-order valence-corrected chi connectivity index (χ0v) is 37.5. The zero-order valence-electron chi connectivity index (χ0n) is 36.7. The number of hydrogen-bond donors (Lipinski definition) is 3. The number of fused-ring (bicyclic) bond motifs is 2. The highest BCUT2D eigenvalue weighted by atomic mass is 32.1. The summed E-state index contributed by atoms with van der Waals surface area (Å²) in [5.41, 5.74) is 7.94. The number of nitrogens with zero attached hydrogens (tertiary/aromatic N) is 5. The third-order valence-electron chi connectivity index (χ3n) is 11.7. The van der Waals surface area contributed by atoms with Crippen molar-refractivity contribution in [2.75, 3.05) is 78.1 Å². The molecule has 0 radical (unpaired) electrons. The molecule has 4 N–H and O–H groups in total. The Morgan fingerprint density at radius 2 is 1.72 bits per heavy atom. The maximum Gasteiger partial charge on any atom is 0.416 e. The quantitative estimate of drug-likeness (QED) is 0.0738. The Balaban J connectivity index is 0.807. The van der Waals surface area contributed by atoms with E-state index < -0.39 is 53.4 Å². The molecule has 3 aliphatic rings. The molecule has 2 fully saturated rings. The number of carbonyl (C=O) groups excluding carboxylic acids is 5. The van der Waals surface area contributed by atoms with E-state index in [9.17, 15) is 37.1 Å². The molecule has 8 rings (SSSR count). The van der Waals surface area contributed by atoms with E-state index in [1.165, 1.54) is 25.1 Å². The first-order valence-corrected chi connectivity index (χ1v) is 22.5. The molecule has 0 bridgehead atoms. The van der Waals surface area contributed by atoms with Gasteiger partial charge in [0.05, 0.1) is 54.2 Å². The molecule has 5 aromatic rings. The van der Waals surface area contributed by atoms with Crippen LogP contribution < -0.4 is 25.8 Å². The molecule has 67 heavy (non-hydrogen) atoms. The summed E-state index contributed by atoms with van der Waals surface area (Å²) < 4.78 is 68.1. The van der Waals surface area contributed by atoms with Crippen molar-refractivity contribution in [3.8, 4) is 16.5 Å². The molecule has 21 heteroatoms. The molecule has 0 saturated carbocycles. The van der Waals surface area contributed by atoms with Crippen LogP contribution in [0.2, 0.25) is 0 Å². The van der Waals surface area contributed by atoms with E-state index in [4.69, 9.17) is 24.7 Å². The van der Waals surface area contributed by atoms with Crippen LogP contribution in [0.1, 0.15) is 72.9 Å². The molecule has 0 aliphatic carbocycles. The van der Waals surface area contributed by atoms with Gasteiger partial charge in [0, 0.05) is 63.0 Å². The summed E-state index contributed by atoms with van der Waals surface area (Å²) in [5, 5.41) is 5.82. The molecular formula is C46H49F3N8O9S. The number of imide groups is 2. The SMILES string of the molecule is CC(Oc1cc(-n2cnc3ccc(CN4CCN(C)CC4)cc32)sc1C(N)=O)c1ccc(OCCOCCOCCNc2cccc3c2C(=O)N(C2CCC(=O)NC2=O)C3=O)cc1C(F)(F)F. The van der Waals surface area contributed by atoms with E-state index >= 15 is 0 Å². The number of primary amides is 1. The van der Waals surface area contributed by atoms with E-state index in [1.54, 1.807) is 24.5 Å². The van der Waals surface area contributed by atoms with Gasteiger partial charge in [0.2, 0.25) is 11.8 Å². The van der Waals surface area contributed by atoms with Gasteiger partial charge in [0.1, 0.15) is 46.5 Å². The Morgan fingerprint density at radius 3 is 2.46 bits per heavy atom. The first-order chi connectivity index (χ1) is 32.2. The van der Waals surface area contributed by atoms with E-state index in [0.29, 0.717) is 10.7 Å². The number of alkyl halides is 3. The van der Waals surface area contributed by atoms with Crippen molar-refractivity contribution >= 4 is 57.6 Å². The first-order valence-electron chi connectivity index (χ1n) is 21.7. The molecule has 2 unspecified atom stereocenters. The van der Waals surface area contributed by atoms with Crippen LogP contribution in [0, 0.1) is 0 Å². The number of piperidine rings is 1. The predicted molar refractivity (Wildman–Crippen MR) is 239 cm³/mol. The van der Waals surface area contributed by atoms with Gasteiger partial charge in [-0.1, -0.05) is 18.2 Å². The highest BCUT2D eigenvalue weighted by Crippen LogP contribution is 2.41. The maximum absolute atomic E-state index is 14.5. The Hall–Kier alpha value is -6.39. The summed E-state index contributed by atoms with van der Waals surface area (Å²) in [6, 6.07) is 14.9. The van der Waals surface area contributed by atoms with Crippen LogP contribution in [-0.4, -0.2) is 133 Å². The van der Waals surface area contributed by atoms with Crippen LogP contribution in [0.5, 0.6) is 11.5 Å². The van der Waals surface area contributed by atoms with Crippen LogP contribution in [-0.2, 0) is 31.8 Å². The molecule has 5 heterocycles. The number of amides is 5. The minimum absolute atomic E-state index is 0.0169. The number of piperazine rings is 1. The summed E-state index contributed by atoms with van der Waals surface area (Å²) in [7, 11) is 2.11. The molecule has 3 aliphatic heterocycles. The van der Waals surface area contributed by atoms with Gasteiger partial charge < -0.3 is 34.9 Å². The van der Waals surface area contributed by atoms with E-state index in [-0.39, 0.29) is 85.5 Å². The van der Waals surface area contributed by atoms with Crippen molar-refractivity contribution < 1.29 is 56.1 Å². The van der Waals surface area contributed by atoms with Gasteiger partial charge in [-0.2, -0.15) is 13.2 Å². The van der Waals surface area contributed by atoms with Crippen molar-refractivity contribution in [2.24, 2.45) is 5.73 Å². The zero-order chi connectivity index (χ0) is 47.4. The number of carbonyl (C=O) groups is 5. The fourth-order valence-corrected chi connectivity index (χ4v) is 9.20. The van der Waals surface area contributed by atoms with Gasteiger partial charge in [0.25, 0.3) is 17.7 Å². The molecule has 0 spiro atoms. The first kappa shape index (κ1) is 47.1. The number of aromatic nitrogens is 2. The van der Waals surface area contributed by atoms with Crippen LogP contribution in [0.3, 0.4) is 0 Å². The number of imidazole rings is 1. The summed E-state index contributed by atoms with van der Waals surface area (Å²) in [4.78, 5) is 73.1. The highest BCUT2D eigenvalue weighted by molar-refractivity contribution is 7.16. The summed E-state index contributed by atoms with van der Waals surface area (Å²) >= 11 is 1.06. The van der Waals surface area contributed by atoms with Gasteiger partial charge in [0.15, 0.2) is 0 Å². The Kier molecular flexibility index (Phi) is 14.2. The Bertz CT molecular complexity index is 2680. The van der Waals surface area contributed by atoms with Crippen LogP contribution in [0.25, 0.3) is 16.0 Å². The topological polar surface area (TPSA) is 200 Å². The fourth-order valence-electron chi connectivity index (χ4n) is 8.27. The van der Waals surface area contributed by atoms with Crippen molar-refractivity contribution in [1.82, 2.24) is 29.6 Å². The number of thiophene rings is 1. The molecule has 17 nitrogen and oxygen atoms in total. The number of ether oxygens (including phenoxy) is 4. The fraction of sp³-hybridized carbons (Fsp3) is 0.391. The largest absolute Gasteiger partial charge is 0.491 e. The van der Waals surface area contributed by atoms with Crippen LogP contribution in [0.4, 0.5) is 18.9 Å². The minimum atomic E-state index is -4.76. The standard InChI is InChI=1S/C46H49F3N8O9S/c1-27(66-37-24-39(67-41(37)42(50)59)56-26-52-33-9-6-28(22-36(33)56)25-55-15-13-54(2)14-16-55)30-8-7-29(23-32(30)46(47,48)49)65-21-20-64-19-18-63-17-12-51-34-5-3-4-31-40(34)45(62)57(44(31)61)35-10-11-38(58)53-43(35)60/h3-9,22-24,26-27,35,51H,10-21,25H2,1-2H3,(H2,50,59)(H,53,58,60). The van der Waals surface area contributed by atoms with Gasteiger partial charge in [-0.3, -0.25) is 43.7 Å². The Labute approximate surface area is 386 Å². The third-order valence-corrected chi connectivity index (χ3v) is 12.9. The van der Waals surface area contributed by atoms with E-state index in [1.807, 2.05) is 22.8 Å². The average Bonchev–Trinajstić information content (AvgIpc) is 3.98. The normalized spacial score (nSPS) is 17.5. The molecule has 2 atom stereocenters. The van der Waals surface area contributed by atoms with Crippen molar-refractivity contribution in [3.05, 3.63) is 99.7 Å². The minimum Gasteiger partial charge on any atom is -0.491 e. The second-order valence-electron chi connectivity index (χ2n) is 16.3. The third kappa shape index (κ3) is 10.6. The van der Waals surface area contributed by atoms with E-state index in [2.05, 4.69) is 32.5 Å². The second kappa shape index (κ2) is 20.2. The van der Waals surface area contributed by atoms with Gasteiger partial charge in [-0.25, -0.2) is 4.98 Å². The van der Waals surface area contributed by atoms with Gasteiger partial charge in [-0.05, 0) is 62.4 Å². The van der Waals surface area contributed by atoms with Crippen molar-refractivity contribution in [3.63, 3.8) is 0 Å². The van der Waals surface area contributed by atoms with Crippen LogP contribution >= 0.6 is 11.3 Å². The average molecular weight is 947 g/mol. The van der Waals surface area contributed by atoms with Crippen LogP contribution in [0.15, 0.2) is 67.0 Å².